The van der Waals surface area contributed by atoms with Gasteiger partial charge in [0.15, 0.2) is 0 Å². The first-order valence-electron chi connectivity index (χ1n) is 14.2. The van der Waals surface area contributed by atoms with Crippen LogP contribution in [-0.4, -0.2) is 76.8 Å². The number of likely N-dealkylation sites (tertiary alicyclic amines) is 1. The molecule has 39 heavy (non-hydrogen) atoms. The average molecular weight is 543 g/mol. The Morgan fingerprint density at radius 2 is 1.38 bits per heavy atom. The molecule has 2 amide bonds. The van der Waals surface area contributed by atoms with Crippen molar-refractivity contribution in [1.29, 1.82) is 0 Å². The van der Waals surface area contributed by atoms with Gasteiger partial charge in [0.1, 0.15) is 0 Å². The lowest BCUT2D eigenvalue weighted by Gasteiger charge is -2.41. The van der Waals surface area contributed by atoms with Gasteiger partial charge in [-0.3, -0.25) is 19.5 Å². The van der Waals surface area contributed by atoms with Gasteiger partial charge >= 0.3 is 6.18 Å². The van der Waals surface area contributed by atoms with Crippen LogP contribution in [0.25, 0.3) is 0 Å². The molecule has 1 aliphatic carbocycles. The van der Waals surface area contributed by atoms with Crippen LogP contribution >= 0.6 is 0 Å². The number of benzene rings is 1. The van der Waals surface area contributed by atoms with Crippen LogP contribution in [0.5, 0.6) is 0 Å². The number of aryl methyl sites for hydroxylation is 1. The summed E-state index contributed by atoms with van der Waals surface area (Å²) in [4.78, 5) is 37.6. The normalized spacial score (nSPS) is 20.3. The van der Waals surface area contributed by atoms with E-state index < -0.39 is 11.7 Å². The second-order valence-corrected chi connectivity index (χ2v) is 11.1. The maximum atomic E-state index is 13.6. The van der Waals surface area contributed by atoms with E-state index >= 15 is 0 Å². The largest absolute Gasteiger partial charge is 0.416 e. The van der Waals surface area contributed by atoms with E-state index in [9.17, 15) is 22.8 Å². The zero-order valence-corrected chi connectivity index (χ0v) is 22.6. The Kier molecular flexibility index (Phi) is 8.26. The molecule has 0 atom stereocenters. The van der Waals surface area contributed by atoms with Gasteiger partial charge in [-0.15, -0.1) is 0 Å². The number of piperidine rings is 1. The quantitative estimate of drug-likeness (QED) is 0.511. The number of hydrogen-bond acceptors (Lipinski definition) is 4. The molecule has 0 unspecified atom stereocenters. The van der Waals surface area contributed by atoms with Gasteiger partial charge in [0.05, 0.1) is 16.8 Å². The van der Waals surface area contributed by atoms with Gasteiger partial charge in [-0.1, -0.05) is 19.3 Å². The highest BCUT2D eigenvalue weighted by Gasteiger charge is 2.33. The number of pyridine rings is 1. The molecule has 2 aromatic rings. The highest BCUT2D eigenvalue weighted by molar-refractivity contribution is 5.96. The van der Waals surface area contributed by atoms with Crippen molar-refractivity contribution in [3.8, 4) is 0 Å². The molecule has 3 aliphatic rings. The number of halogens is 3. The van der Waals surface area contributed by atoms with E-state index in [0.29, 0.717) is 37.5 Å². The first-order valence-corrected chi connectivity index (χ1v) is 14.2. The van der Waals surface area contributed by atoms with Crippen molar-refractivity contribution < 1.29 is 22.8 Å². The van der Waals surface area contributed by atoms with Crippen LogP contribution in [0.3, 0.4) is 0 Å². The average Bonchev–Trinajstić information content (AvgIpc) is 2.97. The molecule has 2 saturated heterocycles. The summed E-state index contributed by atoms with van der Waals surface area (Å²) in [6, 6.07) is 8.82. The maximum absolute atomic E-state index is 13.6. The number of alkyl halides is 3. The minimum Gasteiger partial charge on any atom is -0.339 e. The van der Waals surface area contributed by atoms with Crippen molar-refractivity contribution >= 4 is 11.8 Å². The van der Waals surface area contributed by atoms with Gasteiger partial charge in [0, 0.05) is 62.5 Å². The number of carbonyl (C=O) groups is 2. The molecule has 3 fully saturated rings. The molecule has 1 aromatic carbocycles. The van der Waals surface area contributed by atoms with Crippen LogP contribution in [0.1, 0.15) is 88.5 Å². The molecule has 6 nitrogen and oxygen atoms in total. The van der Waals surface area contributed by atoms with Crippen molar-refractivity contribution in [2.24, 2.45) is 0 Å². The van der Waals surface area contributed by atoms with Crippen LogP contribution in [-0.2, 0) is 6.18 Å². The third-order valence-corrected chi connectivity index (χ3v) is 8.61. The molecule has 1 aromatic heterocycles. The predicted octanol–water partition coefficient (Wildman–Crippen LogP) is 5.52. The van der Waals surface area contributed by atoms with E-state index in [1.54, 1.807) is 4.90 Å². The van der Waals surface area contributed by atoms with E-state index in [1.807, 2.05) is 24.0 Å². The molecule has 0 N–H and O–H groups in total. The number of hydrogen-bond donors (Lipinski definition) is 0. The molecular weight excluding hydrogens is 505 g/mol. The predicted molar refractivity (Wildman–Crippen MR) is 143 cm³/mol. The summed E-state index contributed by atoms with van der Waals surface area (Å²) >= 11 is 0. The molecule has 0 radical (unpaired) electrons. The maximum Gasteiger partial charge on any atom is 0.416 e. The Labute approximate surface area is 228 Å². The number of aromatic nitrogens is 1. The van der Waals surface area contributed by atoms with Crippen molar-refractivity contribution in [1.82, 2.24) is 19.7 Å². The third-order valence-electron chi connectivity index (χ3n) is 8.61. The minimum atomic E-state index is -4.43. The van der Waals surface area contributed by atoms with Gasteiger partial charge in [0.25, 0.3) is 11.8 Å². The first kappa shape index (κ1) is 27.6. The molecule has 1 saturated carbocycles. The van der Waals surface area contributed by atoms with Crippen LogP contribution in [0.2, 0.25) is 0 Å². The van der Waals surface area contributed by atoms with Crippen LogP contribution in [0.15, 0.2) is 36.4 Å². The number of rotatable bonds is 4. The van der Waals surface area contributed by atoms with Crippen molar-refractivity contribution in [2.75, 3.05) is 39.3 Å². The van der Waals surface area contributed by atoms with Crippen molar-refractivity contribution in [3.63, 3.8) is 0 Å². The monoisotopic (exact) mass is 542 g/mol. The third kappa shape index (κ3) is 6.29. The molecule has 5 rings (SSSR count). The van der Waals surface area contributed by atoms with E-state index in [2.05, 4.69) is 4.90 Å². The Morgan fingerprint density at radius 1 is 0.769 bits per heavy atom. The summed E-state index contributed by atoms with van der Waals surface area (Å²) in [5, 5.41) is 0. The molecular formula is C30H37F3N4O2. The van der Waals surface area contributed by atoms with Gasteiger partial charge in [-0.2, -0.15) is 13.2 Å². The smallest absolute Gasteiger partial charge is 0.339 e. The van der Waals surface area contributed by atoms with E-state index in [-0.39, 0.29) is 23.3 Å². The molecule has 3 heterocycles. The lowest BCUT2D eigenvalue weighted by Crippen LogP contribution is -2.52. The molecule has 9 heteroatoms. The highest BCUT2D eigenvalue weighted by Crippen LogP contribution is 2.32. The van der Waals surface area contributed by atoms with Crippen LogP contribution in [0, 0.1) is 6.92 Å². The summed E-state index contributed by atoms with van der Waals surface area (Å²) in [6.07, 6.45) is 3.34. The Balaban J connectivity index is 1.21. The van der Waals surface area contributed by atoms with Crippen LogP contribution < -0.4 is 0 Å². The second kappa shape index (κ2) is 11.7. The van der Waals surface area contributed by atoms with E-state index in [0.717, 1.165) is 49.7 Å². The topological polar surface area (TPSA) is 56.8 Å². The highest BCUT2D eigenvalue weighted by atomic mass is 19.4. The fourth-order valence-corrected chi connectivity index (χ4v) is 6.32. The zero-order chi connectivity index (χ0) is 27.6. The van der Waals surface area contributed by atoms with Gasteiger partial charge in [0.2, 0.25) is 0 Å². The summed E-state index contributed by atoms with van der Waals surface area (Å²) in [5.74, 6) is -0.195. The zero-order valence-electron chi connectivity index (χ0n) is 22.6. The van der Waals surface area contributed by atoms with Crippen LogP contribution in [0.4, 0.5) is 13.2 Å². The van der Waals surface area contributed by atoms with Crippen molar-refractivity contribution in [3.05, 3.63) is 64.5 Å². The molecule has 0 bridgehead atoms. The SMILES string of the molecule is Cc1ccc(C(=O)N2CCN(C3CCCCC3)CC2)c(C2CCN(C(=O)c3ccc(C(F)(F)F)cc3)CC2)n1. The fraction of sp³-hybridized carbons (Fsp3) is 0.567. The van der Waals surface area contributed by atoms with Gasteiger partial charge in [-0.05, 0) is 69.0 Å². The lowest BCUT2D eigenvalue weighted by molar-refractivity contribution is -0.137. The Hall–Kier alpha value is -2.94. The number of amides is 2. The first-order chi connectivity index (χ1) is 18.7. The number of carbonyl (C=O) groups excluding carboxylic acids is 2. The summed E-state index contributed by atoms with van der Waals surface area (Å²) < 4.78 is 38.6. The Bertz CT molecular complexity index is 1160. The van der Waals surface area contributed by atoms with Crippen molar-refractivity contribution in [2.45, 2.75) is 70.0 Å². The summed E-state index contributed by atoms with van der Waals surface area (Å²) in [6.45, 7) is 6.13. The number of piperazine rings is 1. The fourth-order valence-electron chi connectivity index (χ4n) is 6.32. The summed E-state index contributed by atoms with van der Waals surface area (Å²) in [7, 11) is 0. The molecule has 0 spiro atoms. The number of nitrogens with zero attached hydrogens (tertiary/aromatic N) is 4. The minimum absolute atomic E-state index is 0.0315. The Morgan fingerprint density at radius 3 is 2.00 bits per heavy atom. The molecule has 2 aliphatic heterocycles. The van der Waals surface area contributed by atoms with Gasteiger partial charge < -0.3 is 9.80 Å². The second-order valence-electron chi connectivity index (χ2n) is 11.1. The summed E-state index contributed by atoms with van der Waals surface area (Å²) in [5.41, 5.74) is 1.79. The standard InChI is InChI=1S/C30H37F3N4O2/c1-21-7-12-26(29(39)37-19-17-35(18-20-37)25-5-3-2-4-6-25)27(34-21)22-13-15-36(16-14-22)28(38)23-8-10-24(11-9-23)30(31,32)33/h7-12,22,25H,2-6,13-20H2,1H3. The van der Waals surface area contributed by atoms with Gasteiger partial charge in [-0.25, -0.2) is 0 Å². The van der Waals surface area contributed by atoms with E-state index in [1.165, 1.54) is 44.2 Å². The molecule has 210 valence electrons. The van der Waals surface area contributed by atoms with E-state index in [4.69, 9.17) is 4.98 Å². The lowest BCUT2D eigenvalue weighted by atomic mass is 9.89.